The molecule has 0 radical (unpaired) electrons. The van der Waals surface area contributed by atoms with Crippen molar-refractivity contribution in [2.45, 2.75) is 19.3 Å². The van der Waals surface area contributed by atoms with Crippen LogP contribution in [0.3, 0.4) is 0 Å². The summed E-state index contributed by atoms with van der Waals surface area (Å²) in [7, 11) is 0. The van der Waals surface area contributed by atoms with Crippen molar-refractivity contribution in [1.29, 1.82) is 0 Å². The molecule has 0 fully saturated rings. The molecule has 3 N–H and O–H groups in total. The molecule has 0 aliphatic heterocycles. The number of aliphatic hydroxyl groups is 1. The second-order valence-electron chi connectivity index (χ2n) is 3.04. The van der Waals surface area contributed by atoms with Crippen LogP contribution >= 0.6 is 0 Å². The van der Waals surface area contributed by atoms with E-state index in [9.17, 15) is 4.79 Å². The van der Waals surface area contributed by atoms with Crippen LogP contribution in [-0.2, 0) is 0 Å². The molecule has 1 rings (SSSR count). The maximum Gasteiger partial charge on any atom is 0.321 e. The molecule has 15 heavy (non-hydrogen) atoms. The lowest BCUT2D eigenvalue weighted by molar-refractivity contribution is 0.250. The average Bonchev–Trinajstić information content (AvgIpc) is 2.70. The van der Waals surface area contributed by atoms with Crippen LogP contribution in [0.2, 0.25) is 0 Å². The molecule has 6 heteroatoms. The molecule has 0 unspecified atom stereocenters. The number of urea groups is 1. The Morgan fingerprint density at radius 2 is 2.33 bits per heavy atom. The molecule has 0 atom stereocenters. The molecule has 0 saturated heterocycles. The summed E-state index contributed by atoms with van der Waals surface area (Å²) in [5, 5.41) is 17.1. The first-order chi connectivity index (χ1) is 7.33. The molecular formula is C9H15N3O3. The van der Waals surface area contributed by atoms with E-state index in [0.717, 1.165) is 19.3 Å². The molecule has 1 aromatic heterocycles. The van der Waals surface area contributed by atoms with Gasteiger partial charge in [-0.3, -0.25) is 5.32 Å². The van der Waals surface area contributed by atoms with Gasteiger partial charge >= 0.3 is 6.03 Å². The predicted octanol–water partition coefficient (Wildman–Crippen LogP) is 0.959. The monoisotopic (exact) mass is 213 g/mol. The Bertz CT molecular complexity index is 274. The van der Waals surface area contributed by atoms with Crippen LogP contribution in [0.25, 0.3) is 0 Å². The third-order valence-electron chi connectivity index (χ3n) is 1.79. The number of nitrogens with one attached hydrogen (secondary N) is 2. The van der Waals surface area contributed by atoms with Crippen LogP contribution in [0.1, 0.15) is 19.3 Å². The summed E-state index contributed by atoms with van der Waals surface area (Å²) in [6, 6.07) is 1.25. The van der Waals surface area contributed by atoms with Gasteiger partial charge in [-0.25, -0.2) is 4.79 Å². The van der Waals surface area contributed by atoms with Crippen LogP contribution in [0.4, 0.5) is 10.7 Å². The fourth-order valence-electron chi connectivity index (χ4n) is 1.05. The fraction of sp³-hybridized carbons (Fsp3) is 0.556. The van der Waals surface area contributed by atoms with Crippen LogP contribution < -0.4 is 10.6 Å². The first-order valence-electron chi connectivity index (χ1n) is 4.89. The van der Waals surface area contributed by atoms with Gasteiger partial charge in [0.2, 0.25) is 5.88 Å². The largest absolute Gasteiger partial charge is 0.396 e. The number of unbranched alkanes of at least 4 members (excludes halogenated alkanes) is 2. The highest BCUT2D eigenvalue weighted by molar-refractivity contribution is 5.87. The molecule has 84 valence electrons. The Morgan fingerprint density at radius 1 is 1.47 bits per heavy atom. The summed E-state index contributed by atoms with van der Waals surface area (Å²) < 4.78 is 4.69. The number of carbonyl (C=O) groups is 1. The topological polar surface area (TPSA) is 87.4 Å². The highest BCUT2D eigenvalue weighted by Gasteiger charge is 2.02. The highest BCUT2D eigenvalue weighted by Crippen LogP contribution is 2.02. The molecule has 0 bridgehead atoms. The summed E-state index contributed by atoms with van der Waals surface area (Å²) in [4.78, 5) is 11.2. The van der Waals surface area contributed by atoms with E-state index in [1.807, 2.05) is 0 Å². The quantitative estimate of drug-likeness (QED) is 0.614. The van der Waals surface area contributed by atoms with E-state index in [1.165, 1.54) is 6.20 Å². The SMILES string of the molecule is O=C(NCCCCCO)Nc1ccno1. The molecular weight excluding hydrogens is 198 g/mol. The Labute approximate surface area is 87.6 Å². The van der Waals surface area contributed by atoms with Crippen molar-refractivity contribution in [3.63, 3.8) is 0 Å². The second-order valence-corrected chi connectivity index (χ2v) is 3.04. The summed E-state index contributed by atoms with van der Waals surface area (Å²) in [5.74, 6) is 0.322. The van der Waals surface area contributed by atoms with Crippen molar-refractivity contribution in [3.05, 3.63) is 12.3 Å². The van der Waals surface area contributed by atoms with E-state index in [4.69, 9.17) is 9.63 Å². The number of carbonyl (C=O) groups excluding carboxylic acids is 1. The molecule has 1 aromatic rings. The molecule has 0 saturated carbocycles. The van der Waals surface area contributed by atoms with Gasteiger partial charge in [0.25, 0.3) is 0 Å². The number of rotatable bonds is 6. The molecule has 0 aliphatic rings. The summed E-state index contributed by atoms with van der Waals surface area (Å²) >= 11 is 0. The zero-order valence-corrected chi connectivity index (χ0v) is 8.40. The van der Waals surface area contributed by atoms with Gasteiger partial charge in [0.15, 0.2) is 0 Å². The molecule has 0 aromatic carbocycles. The average molecular weight is 213 g/mol. The molecule has 0 aliphatic carbocycles. The minimum absolute atomic E-state index is 0.199. The minimum atomic E-state index is -0.309. The number of amides is 2. The van der Waals surface area contributed by atoms with E-state index in [2.05, 4.69) is 15.8 Å². The van der Waals surface area contributed by atoms with Gasteiger partial charge in [0.05, 0.1) is 6.20 Å². The second kappa shape index (κ2) is 6.83. The number of aromatic nitrogens is 1. The summed E-state index contributed by atoms with van der Waals surface area (Å²) in [5.41, 5.74) is 0. The first-order valence-corrected chi connectivity index (χ1v) is 4.89. The number of nitrogens with zero attached hydrogens (tertiary/aromatic N) is 1. The Kier molecular flexibility index (Phi) is 5.24. The number of hydrogen-bond acceptors (Lipinski definition) is 4. The van der Waals surface area contributed by atoms with Crippen LogP contribution in [0.15, 0.2) is 16.8 Å². The Hall–Kier alpha value is -1.56. The fourth-order valence-corrected chi connectivity index (χ4v) is 1.05. The van der Waals surface area contributed by atoms with Crippen molar-refractivity contribution in [3.8, 4) is 0 Å². The van der Waals surface area contributed by atoms with Gasteiger partial charge < -0.3 is 14.9 Å². The third-order valence-corrected chi connectivity index (χ3v) is 1.79. The first kappa shape index (κ1) is 11.5. The minimum Gasteiger partial charge on any atom is -0.396 e. The van der Waals surface area contributed by atoms with Crippen molar-refractivity contribution in [2.24, 2.45) is 0 Å². The number of anilines is 1. The van der Waals surface area contributed by atoms with Crippen molar-refractivity contribution in [2.75, 3.05) is 18.5 Å². The van der Waals surface area contributed by atoms with Gasteiger partial charge in [-0.2, -0.15) is 0 Å². The summed E-state index contributed by atoms with van der Waals surface area (Å²) in [6.07, 6.45) is 3.98. The number of aliphatic hydroxyl groups excluding tert-OH is 1. The van der Waals surface area contributed by atoms with Crippen molar-refractivity contribution in [1.82, 2.24) is 10.5 Å². The van der Waals surface area contributed by atoms with Gasteiger partial charge in [0.1, 0.15) is 0 Å². The van der Waals surface area contributed by atoms with E-state index < -0.39 is 0 Å². The van der Waals surface area contributed by atoms with Gasteiger partial charge in [-0.05, 0) is 19.3 Å². The zero-order valence-electron chi connectivity index (χ0n) is 8.40. The van der Waals surface area contributed by atoms with Crippen molar-refractivity contribution >= 4 is 11.9 Å². The van der Waals surface area contributed by atoms with Crippen molar-refractivity contribution < 1.29 is 14.4 Å². The van der Waals surface area contributed by atoms with E-state index >= 15 is 0 Å². The smallest absolute Gasteiger partial charge is 0.321 e. The van der Waals surface area contributed by atoms with Crippen LogP contribution in [-0.4, -0.2) is 29.4 Å². The molecule has 2 amide bonds. The summed E-state index contributed by atoms with van der Waals surface area (Å²) in [6.45, 7) is 0.782. The van der Waals surface area contributed by atoms with E-state index in [0.29, 0.717) is 12.4 Å². The molecule has 0 spiro atoms. The zero-order chi connectivity index (χ0) is 10.9. The lowest BCUT2D eigenvalue weighted by Crippen LogP contribution is -2.29. The Balaban J connectivity index is 2.04. The third kappa shape index (κ3) is 5.02. The predicted molar refractivity (Wildman–Crippen MR) is 54.5 cm³/mol. The van der Waals surface area contributed by atoms with Gasteiger partial charge in [-0.1, -0.05) is 5.16 Å². The van der Waals surface area contributed by atoms with E-state index in [1.54, 1.807) is 6.07 Å². The lowest BCUT2D eigenvalue weighted by Gasteiger charge is -2.04. The van der Waals surface area contributed by atoms with Crippen LogP contribution in [0.5, 0.6) is 0 Å². The lowest BCUT2D eigenvalue weighted by atomic mass is 10.2. The normalized spacial score (nSPS) is 9.93. The number of hydrogen-bond donors (Lipinski definition) is 3. The van der Waals surface area contributed by atoms with Gasteiger partial charge in [0, 0.05) is 19.2 Å². The Morgan fingerprint density at radius 3 is 3.00 bits per heavy atom. The van der Waals surface area contributed by atoms with E-state index in [-0.39, 0.29) is 12.6 Å². The molecule has 6 nitrogen and oxygen atoms in total. The maximum atomic E-state index is 11.2. The maximum absolute atomic E-state index is 11.2. The van der Waals surface area contributed by atoms with Crippen LogP contribution in [0, 0.1) is 0 Å². The highest BCUT2D eigenvalue weighted by atomic mass is 16.5. The molecule has 1 heterocycles. The standard InChI is InChI=1S/C9H15N3O3/c13-7-3-1-2-5-10-9(14)12-8-4-6-11-15-8/h4,6,13H,1-3,5,7H2,(H2,10,12,14). The van der Waals surface area contributed by atoms with Gasteiger partial charge in [-0.15, -0.1) is 0 Å².